The first-order valence-electron chi connectivity index (χ1n) is 4.28. The summed E-state index contributed by atoms with van der Waals surface area (Å²) in [5.41, 5.74) is 0.973. The smallest absolute Gasteiger partial charge is 0.0604 e. The van der Waals surface area contributed by atoms with Gasteiger partial charge in [-0.25, -0.2) is 0 Å². The van der Waals surface area contributed by atoms with Crippen LogP contribution < -0.4 is 0 Å². The van der Waals surface area contributed by atoms with Crippen LogP contribution in [0.25, 0.3) is 16.4 Å². The first-order chi connectivity index (χ1) is 6.86. The summed E-state index contributed by atoms with van der Waals surface area (Å²) in [4.78, 5) is 4.32. The number of hydrogen-bond donors (Lipinski definition) is 0. The van der Waals surface area contributed by atoms with Gasteiger partial charge >= 0.3 is 0 Å². The van der Waals surface area contributed by atoms with Gasteiger partial charge in [-0.15, -0.1) is 18.2 Å². The Labute approximate surface area is 114 Å². The van der Waals surface area contributed by atoms with E-state index in [1.807, 2.05) is 29.1 Å². The van der Waals surface area contributed by atoms with Crippen LogP contribution in [-0.2, 0) is 20.1 Å². The van der Waals surface area contributed by atoms with Gasteiger partial charge in [-0.05, 0) is 6.20 Å². The average Bonchev–Trinajstić information content (AvgIpc) is 2.66. The van der Waals surface area contributed by atoms with Gasteiger partial charge in [0.05, 0.1) is 5.65 Å². The van der Waals surface area contributed by atoms with Gasteiger partial charge in [0.2, 0.25) is 0 Å². The summed E-state index contributed by atoms with van der Waals surface area (Å²) in [5, 5.41) is 2.30. The Hall–Kier alpha value is -0.451. The Morgan fingerprint density at radius 1 is 1.27 bits per heavy atom. The van der Waals surface area contributed by atoms with Crippen molar-refractivity contribution in [3.8, 4) is 0 Å². The summed E-state index contributed by atoms with van der Waals surface area (Å²) in [5.74, 6) is 0. The largest absolute Gasteiger partial charge is 0.347 e. The first-order valence-corrected chi connectivity index (χ1v) is 5.36. The zero-order valence-electron chi connectivity index (χ0n) is 7.57. The molecule has 1 radical (unpaired) electrons. The molecule has 0 atom stereocenters. The fraction of sp³-hybridized carbons (Fsp3) is 0. The van der Waals surface area contributed by atoms with E-state index in [2.05, 4.69) is 45.8 Å². The van der Waals surface area contributed by atoms with Crippen LogP contribution in [0.15, 0.2) is 36.8 Å². The molecule has 4 heteroatoms. The molecule has 3 rings (SSSR count). The average molecular weight is 485 g/mol. The number of halogens is 1. The van der Waals surface area contributed by atoms with Gasteiger partial charge in [-0.2, -0.15) is 0 Å². The molecule has 0 N–H and O–H groups in total. The van der Waals surface area contributed by atoms with E-state index in [-0.39, 0.29) is 20.1 Å². The van der Waals surface area contributed by atoms with Crippen molar-refractivity contribution in [3.63, 3.8) is 0 Å². The first kappa shape index (κ1) is 11.0. The Bertz CT molecular complexity index is 618. The number of hydrogen-bond acceptors (Lipinski definition) is 1. The summed E-state index contributed by atoms with van der Waals surface area (Å²) in [6, 6.07) is 9.33. The van der Waals surface area contributed by atoms with Crippen LogP contribution in [0.5, 0.6) is 0 Å². The molecule has 2 aromatic heterocycles. The van der Waals surface area contributed by atoms with Crippen LogP contribution >= 0.6 is 22.6 Å². The maximum Gasteiger partial charge on any atom is 0.0604 e. The van der Waals surface area contributed by atoms with Crippen molar-refractivity contribution in [1.82, 2.24) is 9.38 Å². The number of fused-ring (bicyclic) bond motifs is 3. The van der Waals surface area contributed by atoms with Gasteiger partial charge < -0.3 is 4.40 Å². The van der Waals surface area contributed by atoms with Crippen LogP contribution in [0.4, 0.5) is 0 Å². The van der Waals surface area contributed by atoms with Gasteiger partial charge in [0.25, 0.3) is 0 Å². The van der Waals surface area contributed by atoms with Crippen molar-refractivity contribution in [2.24, 2.45) is 0 Å². The molecule has 0 aliphatic rings. The summed E-state index contributed by atoms with van der Waals surface area (Å²) in [6.45, 7) is 0. The topological polar surface area (TPSA) is 17.3 Å². The maximum atomic E-state index is 4.32. The van der Waals surface area contributed by atoms with Gasteiger partial charge in [0.15, 0.2) is 0 Å². The SMILES string of the molecule is Ic1cc[c-]c2c1ccn1ccnc21.[Ir]. The molecular formula is C11H6IIrN2-. The zero-order chi connectivity index (χ0) is 9.54. The van der Waals surface area contributed by atoms with E-state index >= 15 is 0 Å². The van der Waals surface area contributed by atoms with E-state index in [9.17, 15) is 0 Å². The molecule has 0 fully saturated rings. The quantitative estimate of drug-likeness (QED) is 0.354. The molecule has 77 valence electrons. The molecule has 15 heavy (non-hydrogen) atoms. The summed E-state index contributed by atoms with van der Waals surface area (Å²) < 4.78 is 3.25. The molecule has 0 unspecified atom stereocenters. The Balaban J connectivity index is 0.000000853. The summed E-state index contributed by atoms with van der Waals surface area (Å²) in [6.07, 6.45) is 5.78. The number of pyridine rings is 1. The number of nitrogens with zero attached hydrogens (tertiary/aromatic N) is 2. The molecule has 2 nitrogen and oxygen atoms in total. The second kappa shape index (κ2) is 4.20. The molecule has 0 saturated carbocycles. The van der Waals surface area contributed by atoms with Crippen molar-refractivity contribution < 1.29 is 20.1 Å². The third-order valence-electron chi connectivity index (χ3n) is 2.28. The van der Waals surface area contributed by atoms with Gasteiger partial charge in [0.1, 0.15) is 0 Å². The Morgan fingerprint density at radius 3 is 3.00 bits per heavy atom. The normalized spacial score (nSPS) is 10.5. The Morgan fingerprint density at radius 2 is 2.13 bits per heavy atom. The molecular weight excluding hydrogens is 479 g/mol. The monoisotopic (exact) mass is 486 g/mol. The van der Waals surface area contributed by atoms with Gasteiger partial charge in [-0.3, -0.25) is 4.98 Å². The number of benzene rings is 1. The minimum atomic E-state index is 0. The zero-order valence-corrected chi connectivity index (χ0v) is 12.1. The third kappa shape index (κ3) is 1.71. The minimum Gasteiger partial charge on any atom is -0.347 e. The molecule has 0 saturated heterocycles. The van der Waals surface area contributed by atoms with Crippen LogP contribution in [0, 0.1) is 9.64 Å². The van der Waals surface area contributed by atoms with Crippen molar-refractivity contribution in [3.05, 3.63) is 46.4 Å². The van der Waals surface area contributed by atoms with E-state index in [1.54, 1.807) is 0 Å². The van der Waals surface area contributed by atoms with E-state index < -0.39 is 0 Å². The van der Waals surface area contributed by atoms with E-state index in [0.717, 1.165) is 11.0 Å². The van der Waals surface area contributed by atoms with E-state index in [4.69, 9.17) is 0 Å². The van der Waals surface area contributed by atoms with E-state index in [0.29, 0.717) is 0 Å². The molecule has 2 heterocycles. The second-order valence-electron chi connectivity index (χ2n) is 3.09. The van der Waals surface area contributed by atoms with Crippen molar-refractivity contribution >= 4 is 39.0 Å². The van der Waals surface area contributed by atoms with Crippen LogP contribution in [0.1, 0.15) is 0 Å². The molecule has 3 aromatic rings. The molecule has 0 aliphatic carbocycles. The Kier molecular flexibility index (Phi) is 3.09. The van der Waals surface area contributed by atoms with Crippen LogP contribution in [-0.4, -0.2) is 9.38 Å². The fourth-order valence-corrected chi connectivity index (χ4v) is 2.24. The second-order valence-corrected chi connectivity index (χ2v) is 4.25. The molecule has 0 bridgehead atoms. The van der Waals surface area contributed by atoms with Crippen molar-refractivity contribution in [2.75, 3.05) is 0 Å². The van der Waals surface area contributed by atoms with E-state index in [1.165, 1.54) is 8.96 Å². The predicted octanol–water partition coefficient (Wildman–Crippen LogP) is 2.89. The van der Waals surface area contributed by atoms with Gasteiger partial charge in [-0.1, -0.05) is 43.0 Å². The summed E-state index contributed by atoms with van der Waals surface area (Å²) >= 11 is 2.33. The number of rotatable bonds is 0. The maximum absolute atomic E-state index is 4.32. The van der Waals surface area contributed by atoms with Crippen LogP contribution in [0.2, 0.25) is 0 Å². The third-order valence-corrected chi connectivity index (χ3v) is 3.22. The molecule has 1 aromatic carbocycles. The van der Waals surface area contributed by atoms with Crippen LogP contribution in [0.3, 0.4) is 0 Å². The number of aromatic nitrogens is 2. The van der Waals surface area contributed by atoms with Crippen molar-refractivity contribution in [1.29, 1.82) is 0 Å². The summed E-state index contributed by atoms with van der Waals surface area (Å²) in [7, 11) is 0. The van der Waals surface area contributed by atoms with Gasteiger partial charge in [0, 0.05) is 32.5 Å². The predicted molar refractivity (Wildman–Crippen MR) is 64.3 cm³/mol. The molecule has 0 spiro atoms. The molecule has 0 amide bonds. The fourth-order valence-electron chi connectivity index (χ4n) is 1.61. The number of imidazole rings is 1. The standard InChI is InChI=1S/C11H6IN2.Ir/c12-10-3-1-2-9-8(10)4-6-14-7-5-13-11(9)14;/h1,3-7H;/q-1;. The molecule has 0 aliphatic heterocycles. The minimum absolute atomic E-state index is 0. The van der Waals surface area contributed by atoms with Crippen molar-refractivity contribution in [2.45, 2.75) is 0 Å².